The third-order valence-electron chi connectivity index (χ3n) is 3.98. The lowest BCUT2D eigenvalue weighted by Crippen LogP contribution is -2.40. The monoisotopic (exact) mass is 316 g/mol. The van der Waals surface area contributed by atoms with E-state index in [1.807, 2.05) is 32.3 Å². The molecule has 6 heteroatoms. The van der Waals surface area contributed by atoms with Crippen LogP contribution in [0.3, 0.4) is 0 Å². The van der Waals surface area contributed by atoms with Crippen LogP contribution < -0.4 is 16.6 Å². The zero-order valence-electron chi connectivity index (χ0n) is 14.1. The average molecular weight is 316 g/mol. The van der Waals surface area contributed by atoms with Crippen molar-refractivity contribution in [2.75, 3.05) is 20.6 Å². The molecule has 124 valence electrons. The lowest BCUT2D eigenvalue weighted by Gasteiger charge is -2.25. The van der Waals surface area contributed by atoms with E-state index in [1.165, 1.54) is 17.2 Å². The van der Waals surface area contributed by atoms with Gasteiger partial charge in [0.25, 0.3) is 5.56 Å². The second-order valence-corrected chi connectivity index (χ2v) is 5.93. The minimum Gasteiger partial charge on any atom is -0.311 e. The fourth-order valence-corrected chi connectivity index (χ4v) is 2.62. The highest BCUT2D eigenvalue weighted by molar-refractivity contribution is 5.19. The number of aryl methyl sites for hydroxylation is 1. The van der Waals surface area contributed by atoms with Crippen LogP contribution in [0.15, 0.2) is 46.1 Å². The Morgan fingerprint density at radius 3 is 2.39 bits per heavy atom. The summed E-state index contributed by atoms with van der Waals surface area (Å²) in [6.45, 7) is 1.14. The predicted octanol–water partition coefficient (Wildman–Crippen LogP) is 0.477. The van der Waals surface area contributed by atoms with Crippen LogP contribution in [-0.4, -0.2) is 34.7 Å². The van der Waals surface area contributed by atoms with Gasteiger partial charge in [0, 0.05) is 45.0 Å². The molecular formula is C17H24N4O2. The second-order valence-electron chi connectivity index (χ2n) is 5.93. The topological polar surface area (TPSA) is 59.3 Å². The van der Waals surface area contributed by atoms with Crippen LogP contribution in [0, 0.1) is 0 Å². The third-order valence-corrected chi connectivity index (χ3v) is 3.98. The van der Waals surface area contributed by atoms with Crippen LogP contribution in [0.4, 0.5) is 0 Å². The molecular weight excluding hydrogens is 292 g/mol. The number of hydrogen-bond donors (Lipinski definition) is 1. The molecule has 1 aromatic carbocycles. The van der Waals surface area contributed by atoms with E-state index in [-0.39, 0.29) is 17.3 Å². The number of aromatic nitrogens is 2. The molecule has 0 saturated heterocycles. The maximum atomic E-state index is 12.1. The van der Waals surface area contributed by atoms with Gasteiger partial charge in [-0.1, -0.05) is 30.3 Å². The van der Waals surface area contributed by atoms with E-state index in [0.717, 1.165) is 4.57 Å². The van der Waals surface area contributed by atoms with Crippen LogP contribution in [0.25, 0.3) is 0 Å². The number of nitrogens with one attached hydrogen (secondary N) is 1. The molecule has 0 bridgehead atoms. The predicted molar refractivity (Wildman–Crippen MR) is 91.5 cm³/mol. The van der Waals surface area contributed by atoms with E-state index in [0.29, 0.717) is 18.7 Å². The molecule has 2 aromatic rings. The molecule has 1 N–H and O–H groups in total. The first-order valence-electron chi connectivity index (χ1n) is 7.59. The zero-order chi connectivity index (χ0) is 17.0. The Bertz CT molecular complexity index is 762. The van der Waals surface area contributed by atoms with Gasteiger partial charge in [0.05, 0.1) is 0 Å². The van der Waals surface area contributed by atoms with Gasteiger partial charge in [0.1, 0.15) is 0 Å². The average Bonchev–Trinajstić information content (AvgIpc) is 2.54. The summed E-state index contributed by atoms with van der Waals surface area (Å²) in [6.07, 6.45) is 1.60. The molecule has 0 amide bonds. The van der Waals surface area contributed by atoms with Crippen molar-refractivity contribution in [3.63, 3.8) is 0 Å². The fraction of sp³-hybridized carbons (Fsp3) is 0.412. The van der Waals surface area contributed by atoms with E-state index in [1.54, 1.807) is 13.2 Å². The van der Waals surface area contributed by atoms with E-state index in [9.17, 15) is 9.59 Å². The SMILES string of the molecule is CN(C)C(CNCc1cn(C)c(=O)n(C)c1=O)c1ccccc1. The maximum Gasteiger partial charge on any atom is 0.330 e. The number of hydrogen-bond acceptors (Lipinski definition) is 4. The van der Waals surface area contributed by atoms with Gasteiger partial charge in [-0.25, -0.2) is 4.79 Å². The summed E-state index contributed by atoms with van der Waals surface area (Å²) >= 11 is 0. The normalized spacial score (nSPS) is 12.6. The van der Waals surface area contributed by atoms with E-state index in [2.05, 4.69) is 22.3 Å². The quantitative estimate of drug-likeness (QED) is 0.842. The first-order chi connectivity index (χ1) is 10.9. The van der Waals surface area contributed by atoms with Crippen LogP contribution in [0.1, 0.15) is 17.2 Å². The number of rotatable bonds is 6. The second kappa shape index (κ2) is 7.39. The van der Waals surface area contributed by atoms with Gasteiger partial charge in [-0.3, -0.25) is 9.36 Å². The number of likely N-dealkylation sites (N-methyl/N-ethyl adjacent to an activating group) is 1. The summed E-state index contributed by atoms with van der Waals surface area (Å²) < 4.78 is 2.57. The fourth-order valence-electron chi connectivity index (χ4n) is 2.62. The van der Waals surface area contributed by atoms with Gasteiger partial charge < -0.3 is 14.8 Å². The van der Waals surface area contributed by atoms with E-state index < -0.39 is 0 Å². The highest BCUT2D eigenvalue weighted by Crippen LogP contribution is 2.16. The third kappa shape index (κ3) is 3.97. The molecule has 0 aliphatic carbocycles. The van der Waals surface area contributed by atoms with Gasteiger partial charge in [-0.2, -0.15) is 0 Å². The minimum atomic E-state index is -0.311. The van der Waals surface area contributed by atoms with Gasteiger partial charge in [0.15, 0.2) is 0 Å². The van der Waals surface area contributed by atoms with Crippen molar-refractivity contribution in [1.29, 1.82) is 0 Å². The van der Waals surface area contributed by atoms with Crippen molar-refractivity contribution in [2.45, 2.75) is 12.6 Å². The van der Waals surface area contributed by atoms with Gasteiger partial charge in [-0.15, -0.1) is 0 Å². The van der Waals surface area contributed by atoms with Crippen molar-refractivity contribution in [3.8, 4) is 0 Å². The molecule has 1 unspecified atom stereocenters. The van der Waals surface area contributed by atoms with Gasteiger partial charge in [-0.05, 0) is 19.7 Å². The molecule has 23 heavy (non-hydrogen) atoms. The minimum absolute atomic E-state index is 0.215. The molecule has 1 aromatic heterocycles. The largest absolute Gasteiger partial charge is 0.330 e. The first kappa shape index (κ1) is 17.2. The van der Waals surface area contributed by atoms with Crippen molar-refractivity contribution in [3.05, 3.63) is 68.5 Å². The summed E-state index contributed by atoms with van der Waals surface area (Å²) in [5.74, 6) is 0. The summed E-state index contributed by atoms with van der Waals surface area (Å²) in [5, 5.41) is 3.33. The summed E-state index contributed by atoms with van der Waals surface area (Å²) in [7, 11) is 7.22. The highest BCUT2D eigenvalue weighted by atomic mass is 16.2. The zero-order valence-corrected chi connectivity index (χ0v) is 14.1. The molecule has 0 aliphatic heterocycles. The van der Waals surface area contributed by atoms with E-state index in [4.69, 9.17) is 0 Å². The van der Waals surface area contributed by atoms with Gasteiger partial charge in [0.2, 0.25) is 0 Å². The standard InChI is InChI=1S/C17H24N4O2/c1-19(2)15(13-8-6-5-7-9-13)11-18-10-14-12-20(3)17(23)21(4)16(14)22/h5-9,12,15,18H,10-11H2,1-4H3. The van der Waals surface area contributed by atoms with Crippen LogP contribution >= 0.6 is 0 Å². The van der Waals surface area contributed by atoms with Crippen LogP contribution in [0.5, 0.6) is 0 Å². The summed E-state index contributed by atoms with van der Waals surface area (Å²) in [6, 6.07) is 10.4. The molecule has 0 saturated carbocycles. The van der Waals surface area contributed by atoms with E-state index >= 15 is 0 Å². The lowest BCUT2D eigenvalue weighted by molar-refractivity contribution is 0.288. The first-order valence-corrected chi connectivity index (χ1v) is 7.59. The Morgan fingerprint density at radius 2 is 1.78 bits per heavy atom. The number of nitrogens with zero attached hydrogens (tertiary/aromatic N) is 3. The number of benzene rings is 1. The highest BCUT2D eigenvalue weighted by Gasteiger charge is 2.14. The maximum absolute atomic E-state index is 12.1. The lowest BCUT2D eigenvalue weighted by atomic mass is 10.1. The smallest absolute Gasteiger partial charge is 0.311 e. The van der Waals surface area contributed by atoms with Crippen molar-refractivity contribution < 1.29 is 0 Å². The molecule has 1 atom stereocenters. The van der Waals surface area contributed by atoms with Gasteiger partial charge >= 0.3 is 5.69 Å². The Hall–Kier alpha value is -2.18. The van der Waals surface area contributed by atoms with Crippen molar-refractivity contribution in [2.24, 2.45) is 14.1 Å². The molecule has 0 aliphatic rings. The summed E-state index contributed by atoms with van der Waals surface area (Å²) in [4.78, 5) is 26.0. The Labute approximate surface area is 136 Å². The van der Waals surface area contributed by atoms with Crippen molar-refractivity contribution >= 4 is 0 Å². The molecule has 0 radical (unpaired) electrons. The van der Waals surface area contributed by atoms with Crippen molar-refractivity contribution in [1.82, 2.24) is 19.4 Å². The molecule has 6 nitrogen and oxygen atoms in total. The Morgan fingerprint density at radius 1 is 1.13 bits per heavy atom. The summed E-state index contributed by atoms with van der Waals surface area (Å²) in [5.41, 5.74) is 1.24. The van der Waals surface area contributed by atoms with Crippen LogP contribution in [0.2, 0.25) is 0 Å². The van der Waals surface area contributed by atoms with Crippen LogP contribution in [-0.2, 0) is 20.6 Å². The molecule has 2 rings (SSSR count). The molecule has 1 heterocycles. The molecule has 0 fully saturated rings. The Balaban J connectivity index is 2.09. The molecule has 0 spiro atoms. The Kier molecular flexibility index (Phi) is 5.52.